The second-order valence-electron chi connectivity index (χ2n) is 9.05. The Bertz CT molecular complexity index is 1290. The van der Waals surface area contributed by atoms with E-state index >= 15 is 4.39 Å². The van der Waals surface area contributed by atoms with Crippen molar-refractivity contribution < 1.29 is 35.6 Å². The number of sulfone groups is 1. The monoisotopic (exact) mass is 513 g/mol. The molecule has 1 saturated heterocycles. The van der Waals surface area contributed by atoms with Gasteiger partial charge in [-0.15, -0.1) is 0 Å². The molecule has 188 valence electrons. The molecular formula is C23H23F4N3O4S. The molecular weight excluding hydrogens is 490 g/mol. The van der Waals surface area contributed by atoms with Crippen molar-refractivity contribution in [1.82, 2.24) is 9.88 Å². The number of hydrogen-bond acceptors (Lipinski definition) is 5. The lowest BCUT2D eigenvalue weighted by molar-refractivity contribution is -0.138. The van der Waals surface area contributed by atoms with E-state index in [1.807, 2.05) is 0 Å². The summed E-state index contributed by atoms with van der Waals surface area (Å²) in [6.45, 7) is 0.0871. The van der Waals surface area contributed by atoms with Gasteiger partial charge in [-0.05, 0) is 61.4 Å². The van der Waals surface area contributed by atoms with Crippen molar-refractivity contribution in [3.8, 4) is 0 Å². The fourth-order valence-corrected chi connectivity index (χ4v) is 5.64. The number of primary amides is 1. The highest BCUT2D eigenvalue weighted by atomic mass is 32.2. The van der Waals surface area contributed by atoms with E-state index < -0.39 is 50.7 Å². The van der Waals surface area contributed by atoms with Crippen LogP contribution in [0, 0.1) is 11.7 Å². The Morgan fingerprint density at radius 3 is 2.43 bits per heavy atom. The van der Waals surface area contributed by atoms with Gasteiger partial charge in [-0.25, -0.2) is 17.8 Å². The van der Waals surface area contributed by atoms with Crippen molar-refractivity contribution in [2.75, 3.05) is 12.8 Å². The van der Waals surface area contributed by atoms with E-state index in [2.05, 4.69) is 4.98 Å². The first-order valence-electron chi connectivity index (χ1n) is 10.9. The first kappa shape index (κ1) is 25.1. The number of benzene rings is 1. The number of nitrogens with zero attached hydrogens (tertiary/aromatic N) is 2. The van der Waals surface area contributed by atoms with Gasteiger partial charge in [0.15, 0.2) is 14.9 Å². The zero-order chi connectivity index (χ0) is 25.8. The highest BCUT2D eigenvalue weighted by Crippen LogP contribution is 2.54. The first-order valence-corrected chi connectivity index (χ1v) is 12.8. The van der Waals surface area contributed by atoms with Crippen molar-refractivity contribution in [3.63, 3.8) is 0 Å². The third-order valence-electron chi connectivity index (χ3n) is 6.73. The molecule has 12 heteroatoms. The number of hydrogen-bond donors (Lipinski definition) is 1. The Morgan fingerprint density at radius 1 is 1.20 bits per heavy atom. The van der Waals surface area contributed by atoms with Crippen LogP contribution in [0.2, 0.25) is 0 Å². The smallest absolute Gasteiger partial charge is 0.368 e. The molecule has 2 fully saturated rings. The second kappa shape index (κ2) is 8.58. The van der Waals surface area contributed by atoms with Gasteiger partial charge < -0.3 is 10.6 Å². The number of aromatic nitrogens is 1. The van der Waals surface area contributed by atoms with Crippen LogP contribution in [0.4, 0.5) is 17.6 Å². The lowest BCUT2D eigenvalue weighted by Crippen LogP contribution is -2.60. The summed E-state index contributed by atoms with van der Waals surface area (Å²) in [7, 11) is -3.73. The molecule has 1 aliphatic heterocycles. The van der Waals surface area contributed by atoms with Gasteiger partial charge in [0, 0.05) is 30.5 Å². The maximum Gasteiger partial charge on any atom is 0.416 e. The quantitative estimate of drug-likeness (QED) is 0.596. The van der Waals surface area contributed by atoms with Crippen LogP contribution >= 0.6 is 0 Å². The number of nitrogens with two attached hydrogens (primary N) is 1. The average Bonchev–Trinajstić information content (AvgIpc) is 3.50. The van der Waals surface area contributed by atoms with Crippen LogP contribution in [0.1, 0.15) is 53.1 Å². The average molecular weight is 514 g/mol. The number of halogens is 4. The lowest BCUT2D eigenvalue weighted by Gasteiger charge is -2.43. The van der Waals surface area contributed by atoms with E-state index in [-0.39, 0.29) is 35.0 Å². The standard InChI is InChI=1S/C23H23F4N3O4S/c1-35(33,34)18-11-14(7-9-29-18)20(31)30-10-2-8-22(30,21(28)32)19(13-3-4-13)16-6-5-15(12-17(16)24)23(25,26)27/h5-7,9,11-13,19H,2-4,8,10H2,1H3,(H2,28,32)/t19-,22+/m1/s1. The number of rotatable bonds is 6. The van der Waals surface area contributed by atoms with Crippen LogP contribution in [0.3, 0.4) is 0 Å². The SMILES string of the molecule is CS(=O)(=O)c1cc(C(=O)N2CCC[C@@]2(C(N)=O)[C@@H](c2ccc(C(F)(F)F)cc2F)C2CC2)ccn1. The van der Waals surface area contributed by atoms with Gasteiger partial charge in [0.1, 0.15) is 11.4 Å². The summed E-state index contributed by atoms with van der Waals surface area (Å²) >= 11 is 0. The van der Waals surface area contributed by atoms with Crippen molar-refractivity contribution in [2.45, 2.75) is 48.3 Å². The summed E-state index contributed by atoms with van der Waals surface area (Å²) in [5, 5.41) is -0.334. The maximum atomic E-state index is 15.1. The third-order valence-corrected chi connectivity index (χ3v) is 7.71. The molecule has 2 aromatic rings. The fourth-order valence-electron chi connectivity index (χ4n) is 5.04. The zero-order valence-corrected chi connectivity index (χ0v) is 19.5. The first-order chi connectivity index (χ1) is 16.3. The van der Waals surface area contributed by atoms with Crippen LogP contribution in [0.15, 0.2) is 41.6 Å². The molecule has 2 amide bonds. The van der Waals surface area contributed by atoms with Gasteiger partial charge in [0.05, 0.1) is 5.56 Å². The van der Waals surface area contributed by atoms with Gasteiger partial charge in [-0.2, -0.15) is 13.2 Å². The van der Waals surface area contributed by atoms with Crippen LogP contribution in [0.25, 0.3) is 0 Å². The predicted octanol–water partition coefficient (Wildman–Crippen LogP) is 3.30. The van der Waals surface area contributed by atoms with Gasteiger partial charge in [0.25, 0.3) is 5.91 Å². The minimum atomic E-state index is -4.75. The van der Waals surface area contributed by atoms with E-state index in [1.165, 1.54) is 11.0 Å². The minimum Gasteiger partial charge on any atom is -0.368 e. The van der Waals surface area contributed by atoms with E-state index in [1.54, 1.807) is 0 Å². The Morgan fingerprint density at radius 2 is 1.89 bits per heavy atom. The Kier molecular flexibility index (Phi) is 6.15. The summed E-state index contributed by atoms with van der Waals surface area (Å²) in [4.78, 5) is 31.5. The molecule has 0 spiro atoms. The lowest BCUT2D eigenvalue weighted by atomic mass is 9.73. The number of carbonyl (C=O) groups is 2. The summed E-state index contributed by atoms with van der Waals surface area (Å²) < 4.78 is 78.2. The fraction of sp³-hybridized carbons (Fsp3) is 0.435. The molecule has 1 saturated carbocycles. The van der Waals surface area contributed by atoms with Crippen molar-refractivity contribution in [2.24, 2.45) is 11.7 Å². The van der Waals surface area contributed by atoms with Crippen molar-refractivity contribution >= 4 is 21.7 Å². The normalized spacial score (nSPS) is 21.7. The number of likely N-dealkylation sites (tertiary alicyclic amines) is 1. The summed E-state index contributed by atoms with van der Waals surface area (Å²) in [6, 6.07) is 4.55. The number of carbonyl (C=O) groups excluding carboxylic acids is 2. The molecule has 7 nitrogen and oxygen atoms in total. The minimum absolute atomic E-state index is 0.0459. The Balaban J connectivity index is 1.82. The van der Waals surface area contributed by atoms with Crippen LogP contribution in [-0.4, -0.2) is 48.5 Å². The Labute approximate surface area is 199 Å². The van der Waals surface area contributed by atoms with Gasteiger partial charge in [0.2, 0.25) is 5.91 Å². The van der Waals surface area contributed by atoms with Crippen LogP contribution < -0.4 is 5.73 Å². The molecule has 1 aromatic carbocycles. The number of pyridine rings is 1. The predicted molar refractivity (Wildman–Crippen MR) is 116 cm³/mol. The molecule has 4 rings (SSSR count). The molecule has 2 atom stereocenters. The van der Waals surface area contributed by atoms with E-state index in [0.29, 0.717) is 25.3 Å². The molecule has 2 N–H and O–H groups in total. The third kappa shape index (κ3) is 4.51. The van der Waals surface area contributed by atoms with Gasteiger partial charge >= 0.3 is 6.18 Å². The zero-order valence-electron chi connectivity index (χ0n) is 18.7. The number of alkyl halides is 3. The second-order valence-corrected chi connectivity index (χ2v) is 11.0. The summed E-state index contributed by atoms with van der Waals surface area (Å²) in [5.74, 6) is -3.92. The number of amides is 2. The van der Waals surface area contributed by atoms with Gasteiger partial charge in [-0.3, -0.25) is 9.59 Å². The summed E-state index contributed by atoms with van der Waals surface area (Å²) in [5.41, 5.74) is 2.85. The highest BCUT2D eigenvalue weighted by Gasteiger charge is 2.59. The summed E-state index contributed by atoms with van der Waals surface area (Å²) in [6.07, 6.45) is -1.03. The van der Waals surface area contributed by atoms with Crippen LogP contribution in [-0.2, 0) is 20.8 Å². The largest absolute Gasteiger partial charge is 0.416 e. The Hall–Kier alpha value is -3.02. The molecule has 2 aliphatic rings. The topological polar surface area (TPSA) is 110 Å². The van der Waals surface area contributed by atoms with E-state index in [4.69, 9.17) is 5.73 Å². The van der Waals surface area contributed by atoms with Crippen LogP contribution in [0.5, 0.6) is 0 Å². The molecule has 1 aromatic heterocycles. The molecule has 2 heterocycles. The maximum absolute atomic E-state index is 15.1. The molecule has 0 unspecified atom stereocenters. The molecule has 0 bridgehead atoms. The molecule has 35 heavy (non-hydrogen) atoms. The van der Waals surface area contributed by atoms with E-state index in [9.17, 15) is 31.2 Å². The van der Waals surface area contributed by atoms with Crippen molar-refractivity contribution in [3.05, 3.63) is 59.0 Å². The van der Waals surface area contributed by atoms with E-state index in [0.717, 1.165) is 30.7 Å². The van der Waals surface area contributed by atoms with Crippen molar-refractivity contribution in [1.29, 1.82) is 0 Å². The van der Waals surface area contributed by atoms with Gasteiger partial charge in [-0.1, -0.05) is 6.07 Å². The highest BCUT2D eigenvalue weighted by molar-refractivity contribution is 7.90. The molecule has 0 radical (unpaired) electrons. The molecule has 1 aliphatic carbocycles.